The molecule has 0 radical (unpaired) electrons. The molecular formula is C17H21N3O2. The number of carbonyl (C=O) groups excluding carboxylic acids is 1. The lowest BCUT2D eigenvalue weighted by atomic mass is 9.95. The molecule has 5 heteroatoms. The van der Waals surface area contributed by atoms with Gasteiger partial charge in [0.05, 0.1) is 23.7 Å². The Morgan fingerprint density at radius 3 is 2.91 bits per heavy atom. The third kappa shape index (κ3) is 2.76. The number of aliphatic hydroxyl groups is 1. The highest BCUT2D eigenvalue weighted by molar-refractivity contribution is 5.98. The summed E-state index contributed by atoms with van der Waals surface area (Å²) in [4.78, 5) is 18.7. The van der Waals surface area contributed by atoms with Gasteiger partial charge in [0.1, 0.15) is 0 Å². The van der Waals surface area contributed by atoms with Crippen LogP contribution in [0.5, 0.6) is 0 Å². The molecular weight excluding hydrogens is 278 g/mol. The molecule has 2 heterocycles. The minimum atomic E-state index is -0.445. The largest absolute Gasteiger partial charge is 0.391 e. The van der Waals surface area contributed by atoms with Crippen LogP contribution in [0.15, 0.2) is 36.9 Å². The standard InChI is InChI=1S/C17H21N3O2/c1-12-3-4-15(20-8-6-18-11-20)14(9-12)17(22)19-7-5-13(2)16(21)10-19/h3-4,6,8-9,11,13,16,21H,5,7,10H2,1-2H3. The van der Waals surface area contributed by atoms with E-state index in [2.05, 4.69) is 4.98 Å². The molecule has 116 valence electrons. The van der Waals surface area contributed by atoms with Gasteiger partial charge in [0, 0.05) is 25.5 Å². The highest BCUT2D eigenvalue weighted by atomic mass is 16.3. The number of amides is 1. The number of benzene rings is 1. The topological polar surface area (TPSA) is 58.4 Å². The van der Waals surface area contributed by atoms with E-state index in [-0.39, 0.29) is 11.8 Å². The van der Waals surface area contributed by atoms with Crippen molar-refractivity contribution in [1.29, 1.82) is 0 Å². The predicted molar refractivity (Wildman–Crippen MR) is 84.0 cm³/mol. The summed E-state index contributed by atoms with van der Waals surface area (Å²) in [5.74, 6) is 0.216. The number of likely N-dealkylation sites (tertiary alicyclic amines) is 1. The van der Waals surface area contributed by atoms with Gasteiger partial charge >= 0.3 is 0 Å². The van der Waals surface area contributed by atoms with Crippen LogP contribution in [0.25, 0.3) is 5.69 Å². The fourth-order valence-electron chi connectivity index (χ4n) is 2.85. The summed E-state index contributed by atoms with van der Waals surface area (Å²) in [7, 11) is 0. The molecule has 0 saturated carbocycles. The van der Waals surface area contributed by atoms with E-state index in [0.717, 1.165) is 17.7 Å². The maximum Gasteiger partial charge on any atom is 0.256 e. The monoisotopic (exact) mass is 299 g/mol. The van der Waals surface area contributed by atoms with Crippen LogP contribution in [0.4, 0.5) is 0 Å². The molecule has 1 aliphatic rings. The van der Waals surface area contributed by atoms with Gasteiger partial charge in [-0.1, -0.05) is 18.6 Å². The van der Waals surface area contributed by atoms with Crippen LogP contribution in [-0.4, -0.2) is 44.7 Å². The van der Waals surface area contributed by atoms with Crippen molar-refractivity contribution in [3.05, 3.63) is 48.0 Å². The lowest BCUT2D eigenvalue weighted by molar-refractivity contribution is 0.0248. The van der Waals surface area contributed by atoms with Gasteiger partial charge in [-0.05, 0) is 31.4 Å². The van der Waals surface area contributed by atoms with Crippen LogP contribution in [0.3, 0.4) is 0 Å². The Balaban J connectivity index is 1.94. The van der Waals surface area contributed by atoms with Gasteiger partial charge in [0.15, 0.2) is 0 Å². The molecule has 1 amide bonds. The second-order valence-electron chi connectivity index (χ2n) is 6.08. The van der Waals surface area contributed by atoms with Crippen molar-refractivity contribution in [1.82, 2.24) is 14.5 Å². The van der Waals surface area contributed by atoms with Gasteiger partial charge in [-0.15, -0.1) is 0 Å². The Morgan fingerprint density at radius 2 is 2.23 bits per heavy atom. The van der Waals surface area contributed by atoms with Crippen molar-refractivity contribution >= 4 is 5.91 Å². The Labute approximate surface area is 130 Å². The second-order valence-corrected chi connectivity index (χ2v) is 6.08. The number of rotatable bonds is 2. The lowest BCUT2D eigenvalue weighted by Gasteiger charge is -2.34. The van der Waals surface area contributed by atoms with E-state index in [1.54, 1.807) is 17.4 Å². The average Bonchev–Trinajstić information content (AvgIpc) is 3.03. The maximum atomic E-state index is 12.9. The minimum Gasteiger partial charge on any atom is -0.391 e. The second kappa shape index (κ2) is 5.93. The van der Waals surface area contributed by atoms with Gasteiger partial charge in [-0.3, -0.25) is 4.79 Å². The summed E-state index contributed by atoms with van der Waals surface area (Å²) in [6, 6.07) is 5.83. The summed E-state index contributed by atoms with van der Waals surface area (Å²) < 4.78 is 1.84. The van der Waals surface area contributed by atoms with Gasteiger partial charge in [0.25, 0.3) is 5.91 Å². The zero-order valence-corrected chi connectivity index (χ0v) is 12.9. The third-order valence-electron chi connectivity index (χ3n) is 4.37. The molecule has 5 nitrogen and oxygen atoms in total. The van der Waals surface area contributed by atoms with Gasteiger partial charge in [-0.25, -0.2) is 4.98 Å². The highest BCUT2D eigenvalue weighted by Gasteiger charge is 2.29. The molecule has 1 N–H and O–H groups in total. The van der Waals surface area contributed by atoms with Crippen molar-refractivity contribution in [2.45, 2.75) is 26.4 Å². The minimum absolute atomic E-state index is 0.0293. The van der Waals surface area contributed by atoms with Crippen molar-refractivity contribution in [2.24, 2.45) is 5.92 Å². The quantitative estimate of drug-likeness (QED) is 0.923. The van der Waals surface area contributed by atoms with E-state index >= 15 is 0 Å². The molecule has 1 aliphatic heterocycles. The fourth-order valence-corrected chi connectivity index (χ4v) is 2.85. The van der Waals surface area contributed by atoms with E-state index in [1.165, 1.54) is 0 Å². The van der Waals surface area contributed by atoms with E-state index in [9.17, 15) is 9.90 Å². The summed E-state index contributed by atoms with van der Waals surface area (Å²) in [6.45, 7) is 5.09. The zero-order chi connectivity index (χ0) is 15.7. The number of β-amino-alcohol motifs (C(OH)–C–C–N with tert-alkyl or cyclic N) is 1. The Kier molecular flexibility index (Phi) is 3.98. The maximum absolute atomic E-state index is 12.9. The van der Waals surface area contributed by atoms with Crippen LogP contribution >= 0.6 is 0 Å². The number of carbonyl (C=O) groups is 1. The number of hydrogen-bond acceptors (Lipinski definition) is 3. The summed E-state index contributed by atoms with van der Waals surface area (Å²) >= 11 is 0. The van der Waals surface area contributed by atoms with Gasteiger partial charge < -0.3 is 14.6 Å². The summed E-state index contributed by atoms with van der Waals surface area (Å²) in [5, 5.41) is 10.0. The van der Waals surface area contributed by atoms with Gasteiger partial charge in [-0.2, -0.15) is 0 Å². The lowest BCUT2D eigenvalue weighted by Crippen LogP contribution is -2.46. The van der Waals surface area contributed by atoms with Crippen molar-refractivity contribution < 1.29 is 9.90 Å². The smallest absolute Gasteiger partial charge is 0.256 e. The fraction of sp³-hybridized carbons (Fsp3) is 0.412. The molecule has 1 aromatic heterocycles. The number of hydrogen-bond donors (Lipinski definition) is 1. The highest BCUT2D eigenvalue weighted by Crippen LogP contribution is 2.23. The predicted octanol–water partition coefficient (Wildman–Crippen LogP) is 2.02. The number of aromatic nitrogens is 2. The molecule has 3 rings (SSSR count). The van der Waals surface area contributed by atoms with Crippen LogP contribution in [0, 0.1) is 12.8 Å². The first-order valence-corrected chi connectivity index (χ1v) is 7.62. The van der Waals surface area contributed by atoms with Crippen LogP contribution in [0.1, 0.15) is 29.3 Å². The van der Waals surface area contributed by atoms with Crippen molar-refractivity contribution in [3.63, 3.8) is 0 Å². The number of aryl methyl sites for hydroxylation is 1. The van der Waals surface area contributed by atoms with E-state index in [4.69, 9.17) is 0 Å². The Morgan fingerprint density at radius 1 is 1.41 bits per heavy atom. The SMILES string of the molecule is Cc1ccc(-n2ccnc2)c(C(=O)N2CCC(C)C(O)C2)c1. The Bertz CT molecular complexity index is 667. The third-order valence-corrected chi connectivity index (χ3v) is 4.37. The first kappa shape index (κ1) is 14.8. The van der Waals surface area contributed by atoms with Gasteiger partial charge in [0.2, 0.25) is 0 Å². The molecule has 2 unspecified atom stereocenters. The number of nitrogens with zero attached hydrogens (tertiary/aromatic N) is 3. The molecule has 0 aliphatic carbocycles. The van der Waals surface area contributed by atoms with Crippen LogP contribution < -0.4 is 0 Å². The number of piperidine rings is 1. The van der Waals surface area contributed by atoms with Crippen molar-refractivity contribution in [3.8, 4) is 5.69 Å². The van der Waals surface area contributed by atoms with E-state index < -0.39 is 6.10 Å². The zero-order valence-electron chi connectivity index (χ0n) is 12.9. The average molecular weight is 299 g/mol. The molecule has 0 bridgehead atoms. The normalized spacial score (nSPS) is 21.9. The molecule has 1 fully saturated rings. The first-order valence-electron chi connectivity index (χ1n) is 7.62. The summed E-state index contributed by atoms with van der Waals surface area (Å²) in [6.07, 6.45) is 5.60. The molecule has 1 aromatic carbocycles. The number of aliphatic hydroxyl groups excluding tert-OH is 1. The van der Waals surface area contributed by atoms with E-state index in [1.807, 2.05) is 42.8 Å². The van der Waals surface area contributed by atoms with Crippen LogP contribution in [0.2, 0.25) is 0 Å². The van der Waals surface area contributed by atoms with E-state index in [0.29, 0.717) is 18.7 Å². The van der Waals surface area contributed by atoms with Crippen LogP contribution in [-0.2, 0) is 0 Å². The Hall–Kier alpha value is -2.14. The molecule has 0 spiro atoms. The molecule has 22 heavy (non-hydrogen) atoms. The molecule has 2 aromatic rings. The summed E-state index contributed by atoms with van der Waals surface area (Å²) in [5.41, 5.74) is 2.51. The van der Waals surface area contributed by atoms with Crippen molar-refractivity contribution in [2.75, 3.05) is 13.1 Å². The molecule has 1 saturated heterocycles. The number of imidazole rings is 1. The first-order chi connectivity index (χ1) is 10.6. The molecule has 2 atom stereocenters.